The van der Waals surface area contributed by atoms with Crippen LogP contribution in [0.5, 0.6) is 5.75 Å². The second-order valence-electron chi connectivity index (χ2n) is 13.2. The maximum absolute atomic E-state index is 15.2. The molecule has 0 unspecified atom stereocenters. The Morgan fingerprint density at radius 1 is 1.04 bits per heavy atom. The fourth-order valence-electron chi connectivity index (χ4n) is 7.40. The first-order valence-electron chi connectivity index (χ1n) is 16.0. The molecule has 2 saturated heterocycles. The van der Waals surface area contributed by atoms with Crippen LogP contribution in [-0.2, 0) is 11.3 Å². The molecule has 2 aliphatic heterocycles. The van der Waals surface area contributed by atoms with Gasteiger partial charge in [-0.2, -0.15) is 5.10 Å². The highest BCUT2D eigenvalue weighted by molar-refractivity contribution is 5.96. The molecule has 4 aromatic rings. The third kappa shape index (κ3) is 5.45. The molecule has 2 N–H and O–H groups in total. The maximum atomic E-state index is 15.2. The normalized spacial score (nSPS) is 21.2. The van der Waals surface area contributed by atoms with Gasteiger partial charge in [-0.3, -0.25) is 9.59 Å². The summed E-state index contributed by atoms with van der Waals surface area (Å²) in [6.07, 6.45) is 4.62. The molecular formula is C34H40F2N6O3. The molecule has 0 radical (unpaired) electrons. The molecule has 3 aromatic heterocycles. The molecule has 1 aromatic carbocycles. The van der Waals surface area contributed by atoms with Gasteiger partial charge in [0.05, 0.1) is 30.4 Å². The number of piperidine rings is 2. The molecule has 3 aliphatic rings. The van der Waals surface area contributed by atoms with Crippen LogP contribution < -0.4 is 10.5 Å². The van der Waals surface area contributed by atoms with Crippen LogP contribution in [0.3, 0.4) is 0 Å². The van der Waals surface area contributed by atoms with Crippen LogP contribution >= 0.6 is 0 Å². The van der Waals surface area contributed by atoms with E-state index in [9.17, 15) is 14.0 Å². The van der Waals surface area contributed by atoms with Crippen LogP contribution in [0.1, 0.15) is 66.4 Å². The van der Waals surface area contributed by atoms with E-state index in [0.29, 0.717) is 30.3 Å². The number of likely N-dealkylation sites (tertiary alicyclic amines) is 2. The smallest absolute Gasteiger partial charge is 0.255 e. The predicted molar refractivity (Wildman–Crippen MR) is 168 cm³/mol. The quantitative estimate of drug-likeness (QED) is 0.326. The first-order chi connectivity index (χ1) is 21.6. The lowest BCUT2D eigenvalue weighted by Crippen LogP contribution is -2.50. The summed E-state index contributed by atoms with van der Waals surface area (Å²) < 4.78 is 39.2. The Labute approximate surface area is 260 Å². The zero-order valence-electron chi connectivity index (χ0n) is 26.1. The first-order valence-corrected chi connectivity index (χ1v) is 16.0. The molecule has 1 aliphatic carbocycles. The molecule has 238 valence electrons. The number of hydrogen-bond donors (Lipinski definition) is 1. The molecule has 7 rings (SSSR count). The van der Waals surface area contributed by atoms with E-state index in [4.69, 9.17) is 15.6 Å². The Morgan fingerprint density at radius 2 is 1.80 bits per heavy atom. The van der Waals surface area contributed by atoms with Gasteiger partial charge in [-0.1, -0.05) is 0 Å². The highest BCUT2D eigenvalue weighted by Crippen LogP contribution is 2.42. The Balaban J connectivity index is 1.34. The number of benzene rings is 1. The summed E-state index contributed by atoms with van der Waals surface area (Å²) in [7, 11) is 1.56. The van der Waals surface area contributed by atoms with Crippen molar-refractivity contribution >= 4 is 28.2 Å². The molecule has 11 heteroatoms. The highest BCUT2D eigenvalue weighted by Gasteiger charge is 2.32. The van der Waals surface area contributed by atoms with Crippen LogP contribution in [-0.4, -0.2) is 81.3 Å². The average Bonchev–Trinajstić information content (AvgIpc) is 3.68. The summed E-state index contributed by atoms with van der Waals surface area (Å²) in [4.78, 5) is 28.8. The van der Waals surface area contributed by atoms with Crippen LogP contribution in [0.2, 0.25) is 0 Å². The number of alkyl halides is 1. The minimum atomic E-state index is -1.16. The van der Waals surface area contributed by atoms with E-state index in [1.807, 2.05) is 17.9 Å². The van der Waals surface area contributed by atoms with Gasteiger partial charge in [-0.15, -0.1) is 0 Å². The average molecular weight is 619 g/mol. The number of methoxy groups -OCH3 is 1. The van der Waals surface area contributed by atoms with Gasteiger partial charge in [0.2, 0.25) is 5.91 Å². The number of pyridine rings is 1. The molecule has 9 nitrogen and oxygen atoms in total. The number of ether oxygens (including phenoxy) is 1. The van der Waals surface area contributed by atoms with Gasteiger partial charge >= 0.3 is 0 Å². The molecular weight excluding hydrogens is 578 g/mol. The monoisotopic (exact) mass is 618 g/mol. The maximum Gasteiger partial charge on any atom is 0.255 e. The topological polar surface area (TPSA) is 98.1 Å². The molecule has 1 saturated carbocycles. The van der Waals surface area contributed by atoms with Crippen LogP contribution in [0.15, 0.2) is 30.5 Å². The second-order valence-corrected chi connectivity index (χ2v) is 13.2. The Morgan fingerprint density at radius 3 is 2.47 bits per heavy atom. The van der Waals surface area contributed by atoms with Crippen molar-refractivity contribution in [2.75, 3.05) is 33.3 Å². The lowest BCUT2D eigenvalue weighted by Gasteiger charge is -2.33. The van der Waals surface area contributed by atoms with Gasteiger partial charge in [-0.25, -0.2) is 13.3 Å². The number of halogens is 2. The third-order valence-electron chi connectivity index (χ3n) is 9.86. The Bertz CT molecular complexity index is 1790. The van der Waals surface area contributed by atoms with Gasteiger partial charge in [0.1, 0.15) is 28.9 Å². The van der Waals surface area contributed by atoms with Crippen LogP contribution in [0.25, 0.3) is 27.8 Å². The molecule has 0 spiro atoms. The van der Waals surface area contributed by atoms with Gasteiger partial charge in [0.25, 0.3) is 5.91 Å². The Hall–Kier alpha value is -3.99. The van der Waals surface area contributed by atoms with E-state index in [2.05, 4.69) is 4.57 Å². The second kappa shape index (κ2) is 11.4. The zero-order valence-corrected chi connectivity index (χ0v) is 26.1. The first kappa shape index (κ1) is 29.7. The number of nitrogens with two attached hydrogens (primary N) is 1. The predicted octanol–water partition coefficient (Wildman–Crippen LogP) is 5.06. The number of nitrogens with zero attached hydrogens (tertiary/aromatic N) is 5. The molecule has 2 amide bonds. The van der Waals surface area contributed by atoms with E-state index in [-0.39, 0.29) is 43.1 Å². The van der Waals surface area contributed by atoms with E-state index in [1.165, 1.54) is 4.90 Å². The number of rotatable bonds is 6. The fraction of sp³-hybridized carbons (Fsp3) is 0.500. The van der Waals surface area contributed by atoms with Gasteiger partial charge in [0.15, 0.2) is 0 Å². The van der Waals surface area contributed by atoms with Crippen molar-refractivity contribution in [3.05, 3.63) is 53.0 Å². The van der Waals surface area contributed by atoms with Crippen molar-refractivity contribution in [1.29, 1.82) is 0 Å². The summed E-state index contributed by atoms with van der Waals surface area (Å²) in [5, 5.41) is 5.82. The molecule has 45 heavy (non-hydrogen) atoms. The van der Waals surface area contributed by atoms with E-state index < -0.39 is 12.2 Å². The minimum Gasteiger partial charge on any atom is -0.494 e. The summed E-state index contributed by atoms with van der Waals surface area (Å²) >= 11 is 0. The molecule has 0 bridgehead atoms. The van der Waals surface area contributed by atoms with Gasteiger partial charge in [-0.05, 0) is 80.7 Å². The summed E-state index contributed by atoms with van der Waals surface area (Å²) in [6.45, 7) is 6.00. The number of aryl methyl sites for hydroxylation is 1. The number of hydrogen-bond acceptors (Lipinski definition) is 5. The van der Waals surface area contributed by atoms with Crippen LogP contribution in [0, 0.1) is 18.7 Å². The van der Waals surface area contributed by atoms with Crippen molar-refractivity contribution in [3.8, 4) is 17.1 Å². The number of fused-ring (bicyclic) bond motifs is 2. The lowest BCUT2D eigenvalue weighted by molar-refractivity contribution is -0.129. The van der Waals surface area contributed by atoms with Crippen LogP contribution in [0.4, 0.5) is 8.78 Å². The molecule has 2 atom stereocenters. The van der Waals surface area contributed by atoms with Crippen molar-refractivity contribution in [2.45, 2.75) is 70.6 Å². The lowest BCUT2D eigenvalue weighted by atomic mass is 9.88. The standard InChI is InChI=1S/C34H40F2N6O3/c1-19-31(38-42-16-24(12-30(45-3)32(19)42)34(44)40-17-26(36)13-27(37)18-40)29-11-23-10-25(35)14-28(33(23)41(29)15-21-4-5-21)22-6-8-39(9-7-22)20(2)43/h10-12,14,16,21-22,26-27H,4-9,13,15,17-18,37H2,1-3H3/t26-,27-/m1/s1. The molecule has 5 heterocycles. The third-order valence-corrected chi connectivity index (χ3v) is 9.86. The van der Waals surface area contributed by atoms with Crippen molar-refractivity contribution in [3.63, 3.8) is 0 Å². The highest BCUT2D eigenvalue weighted by atomic mass is 19.1. The fourth-order valence-corrected chi connectivity index (χ4v) is 7.40. The number of carbonyl (C=O) groups excluding carboxylic acids is 2. The molecule has 3 fully saturated rings. The van der Waals surface area contributed by atoms with Crippen molar-refractivity contribution in [2.24, 2.45) is 11.7 Å². The summed E-state index contributed by atoms with van der Waals surface area (Å²) in [5.74, 6) is 0.660. The van der Waals surface area contributed by atoms with Gasteiger partial charge < -0.3 is 24.8 Å². The largest absolute Gasteiger partial charge is 0.494 e. The SMILES string of the molecule is COc1cc(C(=O)N2C[C@H](N)C[C@@H](F)C2)cn2nc(-c3cc4cc(F)cc(C5CCN(C(C)=O)CC5)c4n3CC3CC3)c(C)c12. The number of carbonyl (C=O) groups is 2. The van der Waals surface area contributed by atoms with E-state index >= 15 is 4.39 Å². The number of amides is 2. The Kier molecular flexibility index (Phi) is 7.54. The van der Waals surface area contributed by atoms with Crippen molar-refractivity contribution in [1.82, 2.24) is 24.0 Å². The van der Waals surface area contributed by atoms with Gasteiger partial charge in [0, 0.05) is 56.3 Å². The summed E-state index contributed by atoms with van der Waals surface area (Å²) in [6, 6.07) is 6.57. The van der Waals surface area contributed by atoms with E-state index in [1.54, 1.807) is 42.9 Å². The summed E-state index contributed by atoms with van der Waals surface area (Å²) in [5.41, 5.74) is 11.6. The zero-order chi connectivity index (χ0) is 31.6. The number of aromatic nitrogens is 3. The van der Waals surface area contributed by atoms with Crippen molar-refractivity contribution < 1.29 is 23.1 Å². The minimum absolute atomic E-state index is 0.00418. The van der Waals surface area contributed by atoms with E-state index in [0.717, 1.165) is 71.2 Å².